The van der Waals surface area contributed by atoms with Gasteiger partial charge in [-0.15, -0.1) is 0 Å². The van der Waals surface area contributed by atoms with Crippen molar-refractivity contribution in [1.29, 1.82) is 0 Å². The molecule has 0 spiro atoms. The number of aryl methyl sites for hydroxylation is 1. The Bertz CT molecular complexity index is 607. The summed E-state index contributed by atoms with van der Waals surface area (Å²) in [6.07, 6.45) is -2.23. The van der Waals surface area contributed by atoms with Gasteiger partial charge in [-0.25, -0.2) is 4.79 Å². The van der Waals surface area contributed by atoms with Crippen molar-refractivity contribution < 1.29 is 19.7 Å². The lowest BCUT2D eigenvalue weighted by molar-refractivity contribution is -0.0631. The van der Waals surface area contributed by atoms with Crippen LogP contribution in [-0.4, -0.2) is 51.4 Å². The van der Waals surface area contributed by atoms with Crippen LogP contribution in [0.1, 0.15) is 11.8 Å². The number of aromatic nitrogens is 2. The van der Waals surface area contributed by atoms with Gasteiger partial charge in [-0.2, -0.15) is 0 Å². The molecule has 0 aliphatic carbocycles. The molecule has 4 atom stereocenters. The first kappa shape index (κ1) is 14.9. The predicted molar refractivity (Wildman–Crippen MR) is 68.5 cm³/mol. The van der Waals surface area contributed by atoms with Gasteiger partial charge in [0.15, 0.2) is 6.23 Å². The predicted octanol–water partition coefficient (Wildman–Crippen LogP) is -1.88. The smallest absolute Gasteiger partial charge is 0.332 e. The minimum Gasteiger partial charge on any atom is -0.394 e. The Hall–Kier alpha value is -1.48. The number of methoxy groups -OCH3 is 1. The molecule has 0 amide bonds. The summed E-state index contributed by atoms with van der Waals surface area (Å²) in [5, 5.41) is 19.1. The van der Waals surface area contributed by atoms with Crippen LogP contribution in [0, 0.1) is 6.92 Å². The molecule has 8 nitrogen and oxygen atoms in total. The minimum atomic E-state index is -1.06. The Balaban J connectivity index is 2.51. The highest BCUT2D eigenvalue weighted by atomic mass is 16.6. The fraction of sp³-hybridized carbons (Fsp3) is 0.667. The monoisotopic (exact) mass is 286 g/mol. The molecule has 8 heteroatoms. The van der Waals surface area contributed by atoms with Crippen molar-refractivity contribution in [2.24, 2.45) is 7.05 Å². The van der Waals surface area contributed by atoms with E-state index in [2.05, 4.69) is 0 Å². The lowest BCUT2D eigenvalue weighted by atomic mass is 10.1. The van der Waals surface area contributed by atoms with Gasteiger partial charge in [0.25, 0.3) is 5.56 Å². The minimum absolute atomic E-state index is 0.368. The number of rotatable bonds is 3. The van der Waals surface area contributed by atoms with Crippen molar-refractivity contribution in [3.05, 3.63) is 32.6 Å². The Kier molecular flexibility index (Phi) is 4.09. The van der Waals surface area contributed by atoms with Gasteiger partial charge in [0.2, 0.25) is 0 Å². The zero-order valence-corrected chi connectivity index (χ0v) is 11.5. The molecule has 0 aromatic carbocycles. The van der Waals surface area contributed by atoms with Crippen LogP contribution in [0.2, 0.25) is 0 Å². The topological polar surface area (TPSA) is 103 Å². The fourth-order valence-corrected chi connectivity index (χ4v) is 2.37. The van der Waals surface area contributed by atoms with E-state index in [4.69, 9.17) is 14.6 Å². The third-order valence-electron chi connectivity index (χ3n) is 3.52. The van der Waals surface area contributed by atoms with Crippen molar-refractivity contribution >= 4 is 0 Å². The van der Waals surface area contributed by atoms with Crippen molar-refractivity contribution in [3.8, 4) is 0 Å². The molecule has 2 N–H and O–H groups in total. The maximum Gasteiger partial charge on any atom is 0.332 e. The zero-order valence-electron chi connectivity index (χ0n) is 11.5. The molecule has 1 saturated heterocycles. The summed E-state index contributed by atoms with van der Waals surface area (Å²) in [6.45, 7) is 1.19. The van der Waals surface area contributed by atoms with E-state index in [1.165, 1.54) is 24.9 Å². The van der Waals surface area contributed by atoms with Crippen molar-refractivity contribution in [1.82, 2.24) is 9.13 Å². The maximum atomic E-state index is 12.1. The van der Waals surface area contributed by atoms with Crippen molar-refractivity contribution in [2.75, 3.05) is 13.7 Å². The Labute approximate surface area is 114 Å². The van der Waals surface area contributed by atoms with Gasteiger partial charge in [0.05, 0.1) is 6.61 Å². The van der Waals surface area contributed by atoms with Crippen LogP contribution in [0.4, 0.5) is 0 Å². The Morgan fingerprint density at radius 3 is 2.65 bits per heavy atom. The van der Waals surface area contributed by atoms with E-state index in [9.17, 15) is 14.7 Å². The first-order chi connectivity index (χ1) is 9.42. The SMILES string of the molecule is CO[C@@H]1[C@H](O)[C@@H](CO)O[C@H]1n1cc(C)c(=O)n(C)c1=O. The summed E-state index contributed by atoms with van der Waals surface area (Å²) in [5.41, 5.74) is -0.594. The highest BCUT2D eigenvalue weighted by Gasteiger charge is 2.45. The van der Waals surface area contributed by atoms with Crippen LogP contribution >= 0.6 is 0 Å². The van der Waals surface area contributed by atoms with Crippen LogP contribution in [-0.2, 0) is 16.5 Å². The Morgan fingerprint density at radius 1 is 1.45 bits per heavy atom. The molecule has 1 aliphatic rings. The van der Waals surface area contributed by atoms with E-state index >= 15 is 0 Å². The van der Waals surface area contributed by atoms with Gasteiger partial charge >= 0.3 is 5.69 Å². The first-order valence-corrected chi connectivity index (χ1v) is 6.18. The molecule has 2 rings (SSSR count). The standard InChI is InChI=1S/C12H18N2O6/c1-6-4-14(12(18)13(2)10(6)17)11-9(19-3)8(16)7(5-15)20-11/h4,7-9,11,15-16H,5H2,1-3H3/t7-,8-,9-,11-/m1/s1. The van der Waals surface area contributed by atoms with Crippen molar-refractivity contribution in [2.45, 2.75) is 31.5 Å². The third kappa shape index (κ3) is 2.20. The maximum absolute atomic E-state index is 12.1. The van der Waals surface area contributed by atoms with E-state index in [0.717, 1.165) is 4.57 Å². The molecule has 0 bridgehead atoms. The van der Waals surface area contributed by atoms with Crippen LogP contribution < -0.4 is 11.2 Å². The van der Waals surface area contributed by atoms with E-state index in [1.807, 2.05) is 0 Å². The molecule has 1 aliphatic heterocycles. The lowest BCUT2D eigenvalue weighted by Gasteiger charge is -2.21. The first-order valence-electron chi connectivity index (χ1n) is 6.18. The van der Waals surface area contributed by atoms with E-state index < -0.39 is 42.4 Å². The third-order valence-corrected chi connectivity index (χ3v) is 3.52. The molecule has 1 aromatic rings. The largest absolute Gasteiger partial charge is 0.394 e. The van der Waals surface area contributed by atoms with Gasteiger partial charge in [-0.05, 0) is 6.92 Å². The summed E-state index contributed by atoms with van der Waals surface area (Å²) < 4.78 is 12.8. The molecule has 0 unspecified atom stereocenters. The molecule has 0 radical (unpaired) electrons. The quantitative estimate of drug-likeness (QED) is 0.674. The molecular weight excluding hydrogens is 268 g/mol. The van der Waals surface area contributed by atoms with Gasteiger partial charge in [0.1, 0.15) is 18.3 Å². The van der Waals surface area contributed by atoms with Crippen molar-refractivity contribution in [3.63, 3.8) is 0 Å². The summed E-state index contributed by atoms with van der Waals surface area (Å²) >= 11 is 0. The van der Waals surface area contributed by atoms with Gasteiger partial charge in [0, 0.05) is 25.9 Å². The summed E-state index contributed by atoms with van der Waals surface area (Å²) in [4.78, 5) is 23.8. The number of aliphatic hydroxyl groups is 2. The number of ether oxygens (including phenoxy) is 2. The van der Waals surface area contributed by atoms with E-state index in [-0.39, 0.29) is 0 Å². The molecule has 2 heterocycles. The molecule has 1 aromatic heterocycles. The molecule has 112 valence electrons. The number of hydrogen-bond donors (Lipinski definition) is 2. The van der Waals surface area contributed by atoms with Gasteiger partial charge in [-0.3, -0.25) is 13.9 Å². The highest BCUT2D eigenvalue weighted by molar-refractivity contribution is 5.04. The number of aliphatic hydroxyl groups excluding tert-OH is 2. The molecule has 20 heavy (non-hydrogen) atoms. The average molecular weight is 286 g/mol. The summed E-state index contributed by atoms with van der Waals surface area (Å²) in [6, 6.07) is 0. The summed E-state index contributed by atoms with van der Waals surface area (Å²) in [5.74, 6) is 0. The van der Waals surface area contributed by atoms with E-state index in [0.29, 0.717) is 5.56 Å². The van der Waals surface area contributed by atoms with Gasteiger partial charge < -0.3 is 19.7 Å². The second kappa shape index (κ2) is 5.49. The second-order valence-electron chi connectivity index (χ2n) is 4.80. The molecule has 0 saturated carbocycles. The number of nitrogens with zero attached hydrogens (tertiary/aromatic N) is 2. The van der Waals surface area contributed by atoms with Crippen LogP contribution in [0.15, 0.2) is 15.8 Å². The average Bonchev–Trinajstić information content (AvgIpc) is 2.76. The van der Waals surface area contributed by atoms with Crippen LogP contribution in [0.5, 0.6) is 0 Å². The normalized spacial score (nSPS) is 29.9. The van der Waals surface area contributed by atoms with Crippen LogP contribution in [0.25, 0.3) is 0 Å². The number of hydrogen-bond acceptors (Lipinski definition) is 6. The second-order valence-corrected chi connectivity index (χ2v) is 4.80. The Morgan fingerprint density at radius 2 is 2.10 bits per heavy atom. The van der Waals surface area contributed by atoms with Crippen LogP contribution in [0.3, 0.4) is 0 Å². The lowest BCUT2D eigenvalue weighted by Crippen LogP contribution is -2.43. The summed E-state index contributed by atoms with van der Waals surface area (Å²) in [7, 11) is 2.74. The fourth-order valence-electron chi connectivity index (χ4n) is 2.37. The van der Waals surface area contributed by atoms with E-state index in [1.54, 1.807) is 6.92 Å². The molecule has 1 fully saturated rings. The zero-order chi connectivity index (χ0) is 15.0. The molecular formula is C12H18N2O6. The highest BCUT2D eigenvalue weighted by Crippen LogP contribution is 2.30. The van der Waals surface area contributed by atoms with Gasteiger partial charge in [-0.1, -0.05) is 0 Å².